The molecule has 2 aliphatic heterocycles. The number of hydrogen-bond donors (Lipinski definition) is 2. The molecule has 2 aromatic heterocycles. The fourth-order valence-electron chi connectivity index (χ4n) is 4.15. The Morgan fingerprint density at radius 2 is 2.08 bits per heavy atom. The Balaban J connectivity index is 1.32. The Bertz CT molecular complexity index is 810. The van der Waals surface area contributed by atoms with Gasteiger partial charge in [0.1, 0.15) is 5.65 Å². The first-order chi connectivity index (χ1) is 12.6. The van der Waals surface area contributed by atoms with E-state index in [-0.39, 0.29) is 12.0 Å². The molecule has 4 rings (SSSR count). The molecule has 138 valence electrons. The number of nitrogens with zero attached hydrogens (tertiary/aromatic N) is 2. The summed E-state index contributed by atoms with van der Waals surface area (Å²) in [4.78, 5) is 33.0. The maximum Gasteiger partial charge on any atom is 0.332 e. The number of carboxylic acid groups (broad SMARTS) is 1. The zero-order chi connectivity index (χ0) is 18.1. The number of hydrogen-bond acceptors (Lipinski definition) is 4. The number of pyridine rings is 1. The van der Waals surface area contributed by atoms with Crippen LogP contribution in [-0.4, -0.2) is 57.1 Å². The largest absolute Gasteiger partial charge is 0.479 e. The van der Waals surface area contributed by atoms with E-state index in [2.05, 4.69) is 9.97 Å². The van der Waals surface area contributed by atoms with E-state index in [0.717, 1.165) is 35.9 Å². The van der Waals surface area contributed by atoms with Crippen molar-refractivity contribution in [2.75, 3.05) is 13.1 Å². The third-order valence-electron chi connectivity index (χ3n) is 5.62. The quantitative estimate of drug-likeness (QED) is 0.872. The highest BCUT2D eigenvalue weighted by molar-refractivity contribution is 5.87. The number of aromatic nitrogens is 2. The summed E-state index contributed by atoms with van der Waals surface area (Å²) in [6, 6.07) is 3.85. The average molecular weight is 357 g/mol. The third-order valence-corrected chi connectivity index (χ3v) is 5.62. The molecule has 2 N–H and O–H groups in total. The molecule has 0 aromatic carbocycles. The van der Waals surface area contributed by atoms with E-state index in [4.69, 9.17) is 9.84 Å². The van der Waals surface area contributed by atoms with Crippen LogP contribution in [-0.2, 0) is 20.7 Å². The topological polar surface area (TPSA) is 95.5 Å². The number of carbonyl (C=O) groups excluding carboxylic acids is 1. The molecule has 0 spiro atoms. The first-order valence-electron chi connectivity index (χ1n) is 9.19. The van der Waals surface area contributed by atoms with Gasteiger partial charge in [-0.2, -0.15) is 0 Å². The Hall–Kier alpha value is -2.41. The number of aliphatic carboxylic acids is 1. The molecular weight excluding hydrogens is 334 g/mol. The molecule has 2 aromatic rings. The molecule has 2 atom stereocenters. The second kappa shape index (κ2) is 7.07. The van der Waals surface area contributed by atoms with Gasteiger partial charge < -0.3 is 19.7 Å². The van der Waals surface area contributed by atoms with Gasteiger partial charge in [-0.05, 0) is 49.3 Å². The molecule has 0 aliphatic carbocycles. The van der Waals surface area contributed by atoms with Gasteiger partial charge in [0.05, 0.1) is 12.5 Å². The van der Waals surface area contributed by atoms with Gasteiger partial charge in [0.2, 0.25) is 5.91 Å². The van der Waals surface area contributed by atoms with Crippen LogP contribution in [0.1, 0.15) is 31.2 Å². The summed E-state index contributed by atoms with van der Waals surface area (Å²) in [5.74, 6) is -0.391. The highest BCUT2D eigenvalue weighted by Crippen LogP contribution is 2.32. The fourth-order valence-corrected chi connectivity index (χ4v) is 4.15. The summed E-state index contributed by atoms with van der Waals surface area (Å²) < 4.78 is 5.68. The van der Waals surface area contributed by atoms with Crippen molar-refractivity contribution in [2.45, 2.75) is 44.3 Å². The van der Waals surface area contributed by atoms with Crippen LogP contribution in [0.3, 0.4) is 0 Å². The molecule has 26 heavy (non-hydrogen) atoms. The summed E-state index contributed by atoms with van der Waals surface area (Å²) in [7, 11) is 0. The SMILES string of the molecule is O=C(O)[C@H]1CC[C@@H](C2CCN(C(=O)Cc3c[nH]c4ncccc34)CC2)O1. The van der Waals surface area contributed by atoms with Gasteiger partial charge in [0.15, 0.2) is 6.10 Å². The minimum atomic E-state index is -0.867. The van der Waals surface area contributed by atoms with Gasteiger partial charge >= 0.3 is 5.97 Å². The number of aromatic amines is 1. The molecule has 7 heteroatoms. The van der Waals surface area contributed by atoms with Crippen LogP contribution >= 0.6 is 0 Å². The van der Waals surface area contributed by atoms with Crippen molar-refractivity contribution in [3.8, 4) is 0 Å². The first-order valence-corrected chi connectivity index (χ1v) is 9.19. The molecule has 0 radical (unpaired) electrons. The van der Waals surface area contributed by atoms with Crippen LogP contribution in [0, 0.1) is 5.92 Å². The normalized spacial score (nSPS) is 24.2. The number of rotatable bonds is 4. The molecular formula is C19H23N3O4. The van der Waals surface area contributed by atoms with Gasteiger partial charge in [-0.15, -0.1) is 0 Å². The second-order valence-corrected chi connectivity index (χ2v) is 7.19. The summed E-state index contributed by atoms with van der Waals surface area (Å²) in [5.41, 5.74) is 1.78. The number of carboxylic acids is 1. The van der Waals surface area contributed by atoms with Crippen molar-refractivity contribution in [1.29, 1.82) is 0 Å². The summed E-state index contributed by atoms with van der Waals surface area (Å²) >= 11 is 0. The summed E-state index contributed by atoms with van der Waals surface area (Å²) in [5, 5.41) is 10.1. The van der Waals surface area contributed by atoms with Crippen LogP contribution < -0.4 is 0 Å². The van der Waals surface area contributed by atoms with Crippen molar-refractivity contribution >= 4 is 22.9 Å². The molecule has 4 heterocycles. The molecule has 0 bridgehead atoms. The van der Waals surface area contributed by atoms with Crippen molar-refractivity contribution in [1.82, 2.24) is 14.9 Å². The molecule has 0 saturated carbocycles. The Kier molecular flexibility index (Phi) is 4.63. The maximum atomic E-state index is 12.7. The first kappa shape index (κ1) is 17.0. The van der Waals surface area contributed by atoms with E-state index in [1.165, 1.54) is 0 Å². The minimum Gasteiger partial charge on any atom is -0.479 e. The fraction of sp³-hybridized carbons (Fsp3) is 0.526. The lowest BCUT2D eigenvalue weighted by molar-refractivity contribution is -0.151. The number of amides is 1. The third kappa shape index (κ3) is 3.31. The van der Waals surface area contributed by atoms with E-state index in [0.29, 0.717) is 31.8 Å². The van der Waals surface area contributed by atoms with Crippen molar-refractivity contribution < 1.29 is 19.4 Å². The average Bonchev–Trinajstić information content (AvgIpc) is 3.30. The molecule has 2 saturated heterocycles. The van der Waals surface area contributed by atoms with E-state index in [9.17, 15) is 9.59 Å². The number of piperidine rings is 1. The van der Waals surface area contributed by atoms with Gasteiger partial charge in [0.25, 0.3) is 0 Å². The Labute approximate surface area is 151 Å². The standard InChI is InChI=1S/C19H23N3O4/c23-17(10-13-11-21-18-14(13)2-1-7-20-18)22-8-5-12(6-9-22)15-3-4-16(26-15)19(24)25/h1-2,7,11-12,15-16H,3-6,8-10H2,(H,20,21)(H,24,25)/t15-,16+/m0/s1. The van der Waals surface area contributed by atoms with Crippen LogP contribution in [0.5, 0.6) is 0 Å². The van der Waals surface area contributed by atoms with Crippen LogP contribution in [0.15, 0.2) is 24.5 Å². The Morgan fingerprint density at radius 1 is 1.27 bits per heavy atom. The minimum absolute atomic E-state index is 0.0213. The predicted molar refractivity (Wildman–Crippen MR) is 94.6 cm³/mol. The number of likely N-dealkylation sites (tertiary alicyclic amines) is 1. The van der Waals surface area contributed by atoms with E-state index in [1.807, 2.05) is 23.2 Å². The highest BCUT2D eigenvalue weighted by Gasteiger charge is 2.37. The molecule has 2 aliphatic rings. The molecule has 2 fully saturated rings. The smallest absolute Gasteiger partial charge is 0.332 e. The predicted octanol–water partition coefficient (Wildman–Crippen LogP) is 1.98. The highest BCUT2D eigenvalue weighted by atomic mass is 16.5. The van der Waals surface area contributed by atoms with Crippen LogP contribution in [0.4, 0.5) is 0 Å². The van der Waals surface area contributed by atoms with Gasteiger partial charge in [0, 0.05) is 30.9 Å². The lowest BCUT2D eigenvalue weighted by Crippen LogP contribution is -2.42. The van der Waals surface area contributed by atoms with E-state index < -0.39 is 12.1 Å². The zero-order valence-electron chi connectivity index (χ0n) is 14.6. The second-order valence-electron chi connectivity index (χ2n) is 7.19. The lowest BCUT2D eigenvalue weighted by atomic mass is 9.89. The van der Waals surface area contributed by atoms with E-state index in [1.54, 1.807) is 6.20 Å². The van der Waals surface area contributed by atoms with Gasteiger partial charge in [-0.25, -0.2) is 9.78 Å². The van der Waals surface area contributed by atoms with Crippen molar-refractivity contribution in [3.63, 3.8) is 0 Å². The number of nitrogens with one attached hydrogen (secondary N) is 1. The maximum absolute atomic E-state index is 12.7. The molecule has 7 nitrogen and oxygen atoms in total. The zero-order valence-corrected chi connectivity index (χ0v) is 14.6. The monoisotopic (exact) mass is 357 g/mol. The number of carbonyl (C=O) groups is 2. The molecule has 0 unspecified atom stereocenters. The Morgan fingerprint density at radius 3 is 2.81 bits per heavy atom. The van der Waals surface area contributed by atoms with Crippen molar-refractivity contribution in [2.24, 2.45) is 5.92 Å². The lowest BCUT2D eigenvalue weighted by Gasteiger charge is -2.34. The number of fused-ring (bicyclic) bond motifs is 1. The number of H-pyrrole nitrogens is 1. The summed E-state index contributed by atoms with van der Waals surface area (Å²) in [6.45, 7) is 1.42. The van der Waals surface area contributed by atoms with Gasteiger partial charge in [-0.3, -0.25) is 4.79 Å². The summed E-state index contributed by atoms with van der Waals surface area (Å²) in [6.07, 6.45) is 6.47. The van der Waals surface area contributed by atoms with Gasteiger partial charge in [-0.1, -0.05) is 0 Å². The van der Waals surface area contributed by atoms with E-state index >= 15 is 0 Å². The van der Waals surface area contributed by atoms with Crippen molar-refractivity contribution in [3.05, 3.63) is 30.1 Å². The van der Waals surface area contributed by atoms with Crippen LogP contribution in [0.25, 0.3) is 11.0 Å². The van der Waals surface area contributed by atoms with Crippen LogP contribution in [0.2, 0.25) is 0 Å². The molecule has 1 amide bonds. The number of ether oxygens (including phenoxy) is 1.